The highest BCUT2D eigenvalue weighted by atomic mass is 35.5. The molecule has 0 spiro atoms. The Labute approximate surface area is 68.0 Å². The topological polar surface area (TPSA) is 47.0 Å². The van der Waals surface area contributed by atoms with Crippen LogP contribution in [0.3, 0.4) is 0 Å². The molecule has 60 valence electrons. The molecule has 0 aliphatic heterocycles. The van der Waals surface area contributed by atoms with Gasteiger partial charge in [0, 0.05) is 12.4 Å². The van der Waals surface area contributed by atoms with E-state index < -0.39 is 15.1 Å². The van der Waals surface area contributed by atoms with Crippen LogP contribution < -0.4 is 0 Å². The van der Waals surface area contributed by atoms with E-state index in [1.807, 2.05) is 0 Å². The van der Waals surface area contributed by atoms with E-state index in [9.17, 15) is 12.3 Å². The van der Waals surface area contributed by atoms with Crippen LogP contribution >= 0.6 is 11.6 Å². The van der Waals surface area contributed by atoms with Gasteiger partial charge in [-0.15, -0.1) is 3.89 Å². The quantitative estimate of drug-likeness (QED) is 0.637. The van der Waals surface area contributed by atoms with E-state index in [1.165, 1.54) is 0 Å². The molecule has 1 aromatic rings. The molecule has 1 aromatic heterocycles. The zero-order chi connectivity index (χ0) is 8.48. The molecule has 0 saturated heterocycles. The average Bonchev–Trinajstić information content (AvgIpc) is 1.86. The highest BCUT2D eigenvalue weighted by Crippen LogP contribution is 2.20. The first-order valence-corrected chi connectivity index (χ1v) is 4.32. The van der Waals surface area contributed by atoms with E-state index in [0.717, 1.165) is 18.5 Å². The number of nitrogens with zero attached hydrogens (tertiary/aromatic N) is 1. The molecule has 0 bridgehead atoms. The Morgan fingerprint density at radius 2 is 2.18 bits per heavy atom. The van der Waals surface area contributed by atoms with Gasteiger partial charge < -0.3 is 0 Å². The van der Waals surface area contributed by atoms with Gasteiger partial charge in [0.05, 0.1) is 5.02 Å². The van der Waals surface area contributed by atoms with Gasteiger partial charge in [-0.1, -0.05) is 11.6 Å². The molecular formula is C5H3ClFNO2S. The average molecular weight is 196 g/mol. The van der Waals surface area contributed by atoms with Crippen molar-refractivity contribution in [3.63, 3.8) is 0 Å². The molecule has 0 aliphatic rings. The van der Waals surface area contributed by atoms with Gasteiger partial charge in [-0.25, -0.2) is 0 Å². The van der Waals surface area contributed by atoms with E-state index in [1.54, 1.807) is 0 Å². The second-order valence-electron chi connectivity index (χ2n) is 1.74. The van der Waals surface area contributed by atoms with Crippen LogP contribution in [0.4, 0.5) is 3.89 Å². The molecule has 0 N–H and O–H groups in total. The lowest BCUT2D eigenvalue weighted by Crippen LogP contribution is -1.92. The summed E-state index contributed by atoms with van der Waals surface area (Å²) in [7, 11) is -4.71. The molecular weight excluding hydrogens is 193 g/mol. The molecule has 11 heavy (non-hydrogen) atoms. The van der Waals surface area contributed by atoms with E-state index in [4.69, 9.17) is 11.6 Å². The van der Waals surface area contributed by atoms with E-state index in [2.05, 4.69) is 4.98 Å². The maximum atomic E-state index is 12.2. The first-order chi connectivity index (χ1) is 5.02. The predicted molar refractivity (Wildman–Crippen MR) is 37.5 cm³/mol. The molecule has 0 saturated carbocycles. The van der Waals surface area contributed by atoms with Gasteiger partial charge in [-0.2, -0.15) is 8.42 Å². The number of rotatable bonds is 1. The third kappa shape index (κ3) is 1.87. The molecule has 0 unspecified atom stereocenters. The molecule has 0 radical (unpaired) electrons. The molecule has 0 aliphatic carbocycles. The van der Waals surface area contributed by atoms with Crippen molar-refractivity contribution in [1.82, 2.24) is 4.98 Å². The molecule has 0 aromatic carbocycles. The van der Waals surface area contributed by atoms with Crippen molar-refractivity contribution in [2.75, 3.05) is 0 Å². The highest BCUT2D eigenvalue weighted by Gasteiger charge is 2.15. The number of hydrogen-bond donors (Lipinski definition) is 0. The number of halogens is 2. The Hall–Kier alpha value is -0.680. The van der Waals surface area contributed by atoms with Gasteiger partial charge in [-0.05, 0) is 6.07 Å². The summed E-state index contributed by atoms with van der Waals surface area (Å²) in [6, 6.07) is 0.998. The lowest BCUT2D eigenvalue weighted by molar-refractivity contribution is 0.552. The summed E-state index contributed by atoms with van der Waals surface area (Å²) >= 11 is 5.33. The van der Waals surface area contributed by atoms with E-state index >= 15 is 0 Å². The van der Waals surface area contributed by atoms with Crippen molar-refractivity contribution in [2.45, 2.75) is 4.90 Å². The minimum absolute atomic E-state index is 0.213. The zero-order valence-corrected chi connectivity index (χ0v) is 6.73. The lowest BCUT2D eigenvalue weighted by atomic mass is 10.5. The first-order valence-electron chi connectivity index (χ1n) is 2.56. The largest absolute Gasteiger partial charge is 0.333 e. The molecule has 1 heterocycles. The monoisotopic (exact) mass is 195 g/mol. The Morgan fingerprint density at radius 1 is 1.55 bits per heavy atom. The van der Waals surface area contributed by atoms with Crippen LogP contribution in [-0.4, -0.2) is 13.4 Å². The Morgan fingerprint density at radius 3 is 2.55 bits per heavy atom. The molecule has 1 rings (SSSR count). The van der Waals surface area contributed by atoms with Crippen LogP contribution in [0.5, 0.6) is 0 Å². The van der Waals surface area contributed by atoms with Gasteiger partial charge in [-0.3, -0.25) is 4.98 Å². The summed E-state index contributed by atoms with van der Waals surface area (Å²) < 4.78 is 32.8. The summed E-state index contributed by atoms with van der Waals surface area (Å²) in [5, 5.41) is -0.213. The van der Waals surface area contributed by atoms with Gasteiger partial charge in [0.15, 0.2) is 0 Å². The molecule has 0 fully saturated rings. The fraction of sp³-hybridized carbons (Fsp3) is 0. The SMILES string of the molecule is O=S(=O)(F)c1ccncc1Cl. The minimum Gasteiger partial charge on any atom is -0.263 e. The third-order valence-electron chi connectivity index (χ3n) is 0.998. The minimum atomic E-state index is -4.71. The van der Waals surface area contributed by atoms with Crippen LogP contribution in [0, 0.1) is 0 Å². The summed E-state index contributed by atoms with van der Waals surface area (Å²) in [4.78, 5) is 2.95. The summed E-state index contributed by atoms with van der Waals surface area (Å²) in [6.07, 6.45) is 2.21. The third-order valence-corrected chi connectivity index (χ3v) is 2.29. The smallest absolute Gasteiger partial charge is 0.263 e. The summed E-state index contributed by atoms with van der Waals surface area (Å²) in [6.45, 7) is 0. The highest BCUT2D eigenvalue weighted by molar-refractivity contribution is 7.86. The van der Waals surface area contributed by atoms with Crippen LogP contribution in [0.25, 0.3) is 0 Å². The van der Waals surface area contributed by atoms with Crippen molar-refractivity contribution in [3.8, 4) is 0 Å². The molecule has 0 atom stereocenters. The maximum Gasteiger partial charge on any atom is 0.333 e. The molecule has 3 nitrogen and oxygen atoms in total. The van der Waals surface area contributed by atoms with Crippen molar-refractivity contribution < 1.29 is 12.3 Å². The lowest BCUT2D eigenvalue weighted by Gasteiger charge is -1.94. The standard InChI is InChI=1S/C5H3ClFNO2S/c6-4-3-8-2-1-5(4)11(7,9)10/h1-3H. The fourth-order valence-electron chi connectivity index (χ4n) is 0.560. The van der Waals surface area contributed by atoms with Crippen LogP contribution in [0.2, 0.25) is 5.02 Å². The summed E-state index contributed by atoms with van der Waals surface area (Å²) in [5.74, 6) is 0. The fourth-order valence-corrected chi connectivity index (χ4v) is 1.47. The van der Waals surface area contributed by atoms with Gasteiger partial charge >= 0.3 is 10.2 Å². The number of aromatic nitrogens is 1. The second-order valence-corrected chi connectivity index (χ2v) is 3.47. The maximum absolute atomic E-state index is 12.2. The Balaban J connectivity index is 3.37. The van der Waals surface area contributed by atoms with Crippen molar-refractivity contribution in [1.29, 1.82) is 0 Å². The molecule has 6 heteroatoms. The zero-order valence-electron chi connectivity index (χ0n) is 5.16. The number of hydrogen-bond acceptors (Lipinski definition) is 3. The van der Waals surface area contributed by atoms with E-state index in [-0.39, 0.29) is 5.02 Å². The number of pyridine rings is 1. The molecule has 0 amide bonds. The van der Waals surface area contributed by atoms with E-state index in [0.29, 0.717) is 0 Å². The van der Waals surface area contributed by atoms with Crippen molar-refractivity contribution in [3.05, 3.63) is 23.5 Å². The Kier molecular flexibility index (Phi) is 2.10. The van der Waals surface area contributed by atoms with Gasteiger partial charge in [0.25, 0.3) is 0 Å². The van der Waals surface area contributed by atoms with Gasteiger partial charge in [0.1, 0.15) is 4.90 Å². The Bertz CT molecular complexity index is 365. The van der Waals surface area contributed by atoms with Crippen molar-refractivity contribution >= 4 is 21.8 Å². The van der Waals surface area contributed by atoms with Crippen LogP contribution in [0.1, 0.15) is 0 Å². The van der Waals surface area contributed by atoms with Crippen LogP contribution in [-0.2, 0) is 10.2 Å². The second kappa shape index (κ2) is 2.75. The first kappa shape index (κ1) is 8.42. The predicted octanol–water partition coefficient (Wildman–Crippen LogP) is 1.39. The summed E-state index contributed by atoms with van der Waals surface area (Å²) in [5.41, 5.74) is 0. The van der Waals surface area contributed by atoms with Crippen molar-refractivity contribution in [2.24, 2.45) is 0 Å². The normalized spacial score (nSPS) is 11.5. The van der Waals surface area contributed by atoms with Gasteiger partial charge in [0.2, 0.25) is 0 Å². The van der Waals surface area contributed by atoms with Crippen LogP contribution in [0.15, 0.2) is 23.4 Å².